The van der Waals surface area contributed by atoms with Crippen LogP contribution in [0.15, 0.2) is 42.5 Å². The Morgan fingerprint density at radius 1 is 1.31 bits per heavy atom. The minimum absolute atomic E-state index is 0.0472. The van der Waals surface area contributed by atoms with Crippen molar-refractivity contribution in [1.82, 2.24) is 5.32 Å². The number of hydrogen-bond acceptors (Lipinski definition) is 5. The molecule has 0 unspecified atom stereocenters. The summed E-state index contributed by atoms with van der Waals surface area (Å²) in [6, 6.07) is 12.1. The molecule has 0 spiro atoms. The molecule has 29 heavy (non-hydrogen) atoms. The Kier molecular flexibility index (Phi) is 6.24. The van der Waals surface area contributed by atoms with Crippen LogP contribution in [0.2, 0.25) is 5.02 Å². The summed E-state index contributed by atoms with van der Waals surface area (Å²) in [5, 5.41) is 3.18. The zero-order valence-electron chi connectivity index (χ0n) is 16.4. The highest BCUT2D eigenvalue weighted by molar-refractivity contribution is 7.92. The Labute approximate surface area is 175 Å². The number of hydrogen-bond donors (Lipinski definition) is 1. The number of anilines is 1. The molecule has 0 saturated heterocycles. The third-order valence-electron chi connectivity index (χ3n) is 4.22. The van der Waals surface area contributed by atoms with E-state index in [1.54, 1.807) is 12.1 Å². The predicted molar refractivity (Wildman–Crippen MR) is 112 cm³/mol. The first kappa shape index (κ1) is 21.3. The van der Waals surface area contributed by atoms with Crippen LogP contribution in [0.5, 0.6) is 11.5 Å². The minimum atomic E-state index is -3.61. The van der Waals surface area contributed by atoms with Gasteiger partial charge in [0.15, 0.2) is 6.10 Å². The number of carbonyl (C=O) groups excluding carboxylic acids is 1. The highest BCUT2D eigenvalue weighted by Crippen LogP contribution is 2.37. The molecular formula is C20H23ClN2O5S. The highest BCUT2D eigenvalue weighted by atomic mass is 35.5. The first-order chi connectivity index (χ1) is 13.6. The normalized spacial score (nSPS) is 16.2. The fourth-order valence-corrected chi connectivity index (χ4v) is 4.05. The molecule has 1 atom stereocenters. The van der Waals surface area contributed by atoms with Crippen LogP contribution in [-0.2, 0) is 21.4 Å². The summed E-state index contributed by atoms with van der Waals surface area (Å²) in [6.45, 7) is 4.01. The van der Waals surface area contributed by atoms with Crippen molar-refractivity contribution in [2.75, 3.05) is 17.1 Å². The molecule has 0 saturated carbocycles. The van der Waals surface area contributed by atoms with Crippen molar-refractivity contribution >= 4 is 33.2 Å². The van der Waals surface area contributed by atoms with Crippen molar-refractivity contribution in [1.29, 1.82) is 0 Å². The molecule has 0 fully saturated rings. The lowest BCUT2D eigenvalue weighted by molar-refractivity contribution is -0.127. The third kappa shape index (κ3) is 5.33. The van der Waals surface area contributed by atoms with E-state index in [1.165, 1.54) is 6.07 Å². The molecule has 3 rings (SSSR count). The molecule has 0 aliphatic carbocycles. The number of halogens is 1. The number of nitrogens with zero attached hydrogens (tertiary/aromatic N) is 1. The largest absolute Gasteiger partial charge is 0.491 e. The van der Waals surface area contributed by atoms with E-state index in [0.717, 1.165) is 21.9 Å². The summed E-state index contributed by atoms with van der Waals surface area (Å²) in [5.41, 5.74) is 1.18. The lowest BCUT2D eigenvalue weighted by Gasteiger charge is -2.34. The second-order valence-corrected chi connectivity index (χ2v) is 9.39. The van der Waals surface area contributed by atoms with E-state index in [9.17, 15) is 13.2 Å². The first-order valence-electron chi connectivity index (χ1n) is 9.10. The van der Waals surface area contributed by atoms with Gasteiger partial charge in [-0.3, -0.25) is 9.10 Å². The minimum Gasteiger partial charge on any atom is -0.491 e. The fraction of sp³-hybridized carbons (Fsp3) is 0.350. The standard InChI is InChI=1S/C20H23ClN2O5S/c1-13(2)27-16-6-4-5-14(9-16)11-22-20(24)19-12-23(29(3,25)26)17-10-15(21)7-8-18(17)28-19/h4-10,13,19H,11-12H2,1-3H3,(H,22,24)/t19-/m1/s1. The quantitative estimate of drug-likeness (QED) is 0.749. The van der Waals surface area contributed by atoms with Crippen LogP contribution in [0.25, 0.3) is 0 Å². The molecule has 9 heteroatoms. The van der Waals surface area contributed by atoms with E-state index in [1.807, 2.05) is 38.1 Å². The summed E-state index contributed by atoms with van der Waals surface area (Å²) >= 11 is 5.99. The van der Waals surface area contributed by atoms with Gasteiger partial charge in [0.25, 0.3) is 5.91 Å². The first-order valence-corrected chi connectivity index (χ1v) is 11.3. The van der Waals surface area contributed by atoms with Crippen molar-refractivity contribution in [2.24, 2.45) is 0 Å². The molecule has 0 bridgehead atoms. The highest BCUT2D eigenvalue weighted by Gasteiger charge is 2.35. The van der Waals surface area contributed by atoms with Crippen LogP contribution >= 0.6 is 11.6 Å². The van der Waals surface area contributed by atoms with Gasteiger partial charge in [-0.15, -0.1) is 0 Å². The van der Waals surface area contributed by atoms with Gasteiger partial charge in [-0.25, -0.2) is 8.42 Å². The van der Waals surface area contributed by atoms with Gasteiger partial charge in [-0.1, -0.05) is 23.7 Å². The molecule has 1 amide bonds. The number of benzene rings is 2. The number of fused-ring (bicyclic) bond motifs is 1. The summed E-state index contributed by atoms with van der Waals surface area (Å²) in [7, 11) is -3.61. The topological polar surface area (TPSA) is 84.9 Å². The van der Waals surface area contributed by atoms with E-state index >= 15 is 0 Å². The second-order valence-electron chi connectivity index (χ2n) is 7.04. The maximum Gasteiger partial charge on any atom is 0.263 e. The van der Waals surface area contributed by atoms with E-state index in [-0.39, 0.29) is 19.2 Å². The summed E-state index contributed by atoms with van der Waals surface area (Å²) in [4.78, 5) is 12.7. The van der Waals surface area contributed by atoms with Crippen LogP contribution in [-0.4, -0.2) is 39.3 Å². The summed E-state index contributed by atoms with van der Waals surface area (Å²) in [5.74, 6) is 0.600. The molecular weight excluding hydrogens is 416 g/mol. The molecule has 0 aromatic heterocycles. The van der Waals surface area contributed by atoms with Crippen molar-refractivity contribution in [3.05, 3.63) is 53.1 Å². The molecule has 1 aliphatic heterocycles. The summed E-state index contributed by atoms with van der Waals surface area (Å²) in [6.07, 6.45) is 0.151. The molecule has 7 nitrogen and oxygen atoms in total. The van der Waals surface area contributed by atoms with Gasteiger partial charge in [0, 0.05) is 11.6 Å². The van der Waals surface area contributed by atoms with Crippen LogP contribution in [0.4, 0.5) is 5.69 Å². The number of nitrogens with one attached hydrogen (secondary N) is 1. The Morgan fingerprint density at radius 3 is 2.76 bits per heavy atom. The van der Waals surface area contributed by atoms with Crippen LogP contribution in [0, 0.1) is 0 Å². The maximum absolute atomic E-state index is 12.7. The van der Waals surface area contributed by atoms with Crippen LogP contribution in [0.1, 0.15) is 19.4 Å². The Bertz CT molecular complexity index is 1010. The molecule has 1 aliphatic rings. The number of ether oxygens (including phenoxy) is 2. The molecule has 2 aromatic rings. The van der Waals surface area contributed by atoms with Gasteiger partial charge >= 0.3 is 0 Å². The van der Waals surface area contributed by atoms with Gasteiger partial charge in [-0.05, 0) is 49.7 Å². The van der Waals surface area contributed by atoms with E-state index < -0.39 is 22.0 Å². The van der Waals surface area contributed by atoms with E-state index in [0.29, 0.717) is 16.5 Å². The van der Waals surface area contributed by atoms with Gasteiger partial charge in [-0.2, -0.15) is 0 Å². The second kappa shape index (κ2) is 8.51. The Hall–Kier alpha value is -2.45. The van der Waals surface area contributed by atoms with E-state index in [4.69, 9.17) is 21.1 Å². The monoisotopic (exact) mass is 438 g/mol. The number of amides is 1. The Morgan fingerprint density at radius 2 is 2.07 bits per heavy atom. The van der Waals surface area contributed by atoms with Gasteiger partial charge in [0.05, 0.1) is 24.6 Å². The lowest BCUT2D eigenvalue weighted by atomic mass is 10.2. The number of carbonyl (C=O) groups is 1. The van der Waals surface area contributed by atoms with Crippen molar-refractivity contribution in [2.45, 2.75) is 32.6 Å². The van der Waals surface area contributed by atoms with Crippen molar-refractivity contribution < 1.29 is 22.7 Å². The zero-order valence-corrected chi connectivity index (χ0v) is 18.0. The molecule has 2 aromatic carbocycles. The smallest absolute Gasteiger partial charge is 0.263 e. The fourth-order valence-electron chi connectivity index (χ4n) is 2.98. The number of sulfonamides is 1. The molecule has 156 valence electrons. The Balaban J connectivity index is 1.72. The SMILES string of the molecule is CC(C)Oc1cccc(CNC(=O)[C@H]2CN(S(C)(=O)=O)c3cc(Cl)ccc3O2)c1. The van der Waals surface area contributed by atoms with Gasteiger partial charge in [0.2, 0.25) is 10.0 Å². The predicted octanol–water partition coefficient (Wildman–Crippen LogP) is 2.97. The maximum atomic E-state index is 12.7. The van der Waals surface area contributed by atoms with Crippen LogP contribution in [0.3, 0.4) is 0 Å². The summed E-state index contributed by atoms with van der Waals surface area (Å²) < 4.78 is 37.0. The zero-order chi connectivity index (χ0) is 21.2. The van der Waals surface area contributed by atoms with Crippen LogP contribution < -0.4 is 19.1 Å². The third-order valence-corrected chi connectivity index (χ3v) is 5.60. The average molecular weight is 439 g/mol. The molecule has 0 radical (unpaired) electrons. The average Bonchev–Trinajstić information content (AvgIpc) is 2.64. The van der Waals surface area contributed by atoms with Crippen molar-refractivity contribution in [3.63, 3.8) is 0 Å². The molecule has 1 heterocycles. The van der Waals surface area contributed by atoms with Gasteiger partial charge < -0.3 is 14.8 Å². The van der Waals surface area contributed by atoms with E-state index in [2.05, 4.69) is 5.32 Å². The van der Waals surface area contributed by atoms with Crippen molar-refractivity contribution in [3.8, 4) is 11.5 Å². The molecule has 1 N–H and O–H groups in total. The number of rotatable bonds is 6. The lowest BCUT2D eigenvalue weighted by Crippen LogP contribution is -2.50. The van der Waals surface area contributed by atoms with Gasteiger partial charge in [0.1, 0.15) is 11.5 Å².